The van der Waals surface area contributed by atoms with Gasteiger partial charge in [-0.05, 0) is 37.0 Å². The molecule has 0 spiro atoms. The average molecular weight is 225 g/mol. The normalized spacial score (nSPS) is 12.9. The van der Waals surface area contributed by atoms with E-state index in [2.05, 4.69) is 13.8 Å². The lowest BCUT2D eigenvalue weighted by Gasteiger charge is -2.17. The van der Waals surface area contributed by atoms with Crippen LogP contribution in [0.4, 0.5) is 4.39 Å². The molecule has 16 heavy (non-hydrogen) atoms. The Morgan fingerprint density at radius 1 is 1.31 bits per heavy atom. The lowest BCUT2D eigenvalue weighted by Crippen LogP contribution is -2.15. The van der Waals surface area contributed by atoms with Gasteiger partial charge in [0.2, 0.25) is 0 Å². The van der Waals surface area contributed by atoms with Gasteiger partial charge in [-0.3, -0.25) is 0 Å². The van der Waals surface area contributed by atoms with Crippen molar-refractivity contribution in [3.63, 3.8) is 0 Å². The van der Waals surface area contributed by atoms with Gasteiger partial charge in [0.05, 0.1) is 6.10 Å². The molecule has 1 aromatic rings. The second-order valence-electron chi connectivity index (χ2n) is 4.53. The molecule has 0 radical (unpaired) electrons. The van der Waals surface area contributed by atoms with Crippen LogP contribution in [0.5, 0.6) is 5.75 Å². The fraction of sp³-hybridized carbons (Fsp3) is 0.538. The van der Waals surface area contributed by atoms with E-state index >= 15 is 0 Å². The summed E-state index contributed by atoms with van der Waals surface area (Å²) in [5.41, 5.74) is 6.21. The van der Waals surface area contributed by atoms with E-state index < -0.39 is 0 Å². The zero-order valence-corrected chi connectivity index (χ0v) is 10.2. The van der Waals surface area contributed by atoms with E-state index in [9.17, 15) is 4.39 Å². The van der Waals surface area contributed by atoms with E-state index in [0.717, 1.165) is 12.0 Å². The quantitative estimate of drug-likeness (QED) is 0.835. The van der Waals surface area contributed by atoms with Crippen LogP contribution in [-0.4, -0.2) is 6.10 Å². The standard InChI is InChI=1S/C13H20FNO/c1-9(2)6-10(3)16-13-5-4-11(8-15)7-12(13)14/h4-5,7,9-10H,6,8,15H2,1-3H3. The van der Waals surface area contributed by atoms with Gasteiger partial charge in [0.25, 0.3) is 0 Å². The number of ether oxygens (including phenoxy) is 1. The summed E-state index contributed by atoms with van der Waals surface area (Å²) >= 11 is 0. The Labute approximate surface area is 96.6 Å². The molecule has 0 aliphatic carbocycles. The first-order valence-corrected chi connectivity index (χ1v) is 5.68. The van der Waals surface area contributed by atoms with Crippen molar-refractivity contribution in [2.24, 2.45) is 11.7 Å². The first-order valence-electron chi connectivity index (χ1n) is 5.68. The first kappa shape index (κ1) is 13.0. The van der Waals surface area contributed by atoms with Gasteiger partial charge in [-0.2, -0.15) is 0 Å². The van der Waals surface area contributed by atoms with Crippen molar-refractivity contribution < 1.29 is 9.13 Å². The molecule has 0 saturated heterocycles. The molecule has 0 saturated carbocycles. The molecule has 0 bridgehead atoms. The molecule has 0 aliphatic rings. The lowest BCUT2D eigenvalue weighted by molar-refractivity contribution is 0.185. The van der Waals surface area contributed by atoms with Crippen LogP contribution in [0.1, 0.15) is 32.8 Å². The zero-order valence-electron chi connectivity index (χ0n) is 10.2. The average Bonchev–Trinajstić information content (AvgIpc) is 2.19. The van der Waals surface area contributed by atoms with Gasteiger partial charge >= 0.3 is 0 Å². The fourth-order valence-electron chi connectivity index (χ4n) is 1.70. The topological polar surface area (TPSA) is 35.2 Å². The smallest absolute Gasteiger partial charge is 0.165 e. The predicted octanol–water partition coefficient (Wildman–Crippen LogP) is 3.10. The monoisotopic (exact) mass is 225 g/mol. The summed E-state index contributed by atoms with van der Waals surface area (Å²) in [4.78, 5) is 0. The highest BCUT2D eigenvalue weighted by atomic mass is 19.1. The van der Waals surface area contributed by atoms with Crippen molar-refractivity contribution in [2.75, 3.05) is 0 Å². The van der Waals surface area contributed by atoms with Crippen molar-refractivity contribution in [1.29, 1.82) is 0 Å². The van der Waals surface area contributed by atoms with E-state index in [1.165, 1.54) is 6.07 Å². The molecular weight excluding hydrogens is 205 g/mol. The van der Waals surface area contributed by atoms with Crippen LogP contribution in [0.25, 0.3) is 0 Å². The molecule has 0 amide bonds. The Kier molecular flexibility index (Phi) is 4.74. The van der Waals surface area contributed by atoms with Crippen molar-refractivity contribution in [2.45, 2.75) is 39.8 Å². The second-order valence-corrected chi connectivity index (χ2v) is 4.53. The van der Waals surface area contributed by atoms with Gasteiger partial charge < -0.3 is 10.5 Å². The summed E-state index contributed by atoms with van der Waals surface area (Å²) in [5, 5.41) is 0. The molecule has 1 aromatic carbocycles. The SMILES string of the molecule is CC(C)CC(C)Oc1ccc(CN)cc1F. The third-order valence-electron chi connectivity index (χ3n) is 2.36. The Morgan fingerprint density at radius 3 is 2.50 bits per heavy atom. The van der Waals surface area contributed by atoms with E-state index in [0.29, 0.717) is 18.2 Å². The number of nitrogens with two attached hydrogens (primary N) is 1. The van der Waals surface area contributed by atoms with Crippen molar-refractivity contribution in [3.05, 3.63) is 29.6 Å². The summed E-state index contributed by atoms with van der Waals surface area (Å²) in [5.74, 6) is 0.519. The van der Waals surface area contributed by atoms with Gasteiger partial charge in [-0.15, -0.1) is 0 Å². The molecule has 3 heteroatoms. The molecule has 0 heterocycles. The maximum atomic E-state index is 13.6. The van der Waals surface area contributed by atoms with Crippen LogP contribution in [0.15, 0.2) is 18.2 Å². The zero-order chi connectivity index (χ0) is 12.1. The summed E-state index contributed by atoms with van der Waals surface area (Å²) in [6.07, 6.45) is 0.941. The third kappa shape index (κ3) is 3.81. The highest BCUT2D eigenvalue weighted by Crippen LogP contribution is 2.21. The van der Waals surface area contributed by atoms with Crippen LogP contribution in [0.3, 0.4) is 0 Å². The Morgan fingerprint density at radius 2 is 2.00 bits per heavy atom. The van der Waals surface area contributed by atoms with E-state index in [1.54, 1.807) is 12.1 Å². The Hall–Kier alpha value is -1.09. The van der Waals surface area contributed by atoms with Crippen LogP contribution >= 0.6 is 0 Å². The molecule has 1 rings (SSSR count). The largest absolute Gasteiger partial charge is 0.488 e. The summed E-state index contributed by atoms with van der Waals surface area (Å²) in [6.45, 7) is 6.54. The molecular formula is C13H20FNO. The highest BCUT2D eigenvalue weighted by molar-refractivity contribution is 5.29. The minimum absolute atomic E-state index is 0.0261. The van der Waals surface area contributed by atoms with Gasteiger partial charge in [0.15, 0.2) is 11.6 Å². The van der Waals surface area contributed by atoms with E-state index in [4.69, 9.17) is 10.5 Å². The summed E-state index contributed by atoms with van der Waals surface area (Å²) in [6, 6.07) is 4.87. The van der Waals surface area contributed by atoms with E-state index in [1.807, 2.05) is 6.92 Å². The fourth-order valence-corrected chi connectivity index (χ4v) is 1.70. The molecule has 2 nitrogen and oxygen atoms in total. The lowest BCUT2D eigenvalue weighted by atomic mass is 10.1. The molecule has 1 unspecified atom stereocenters. The van der Waals surface area contributed by atoms with Crippen LogP contribution in [0.2, 0.25) is 0 Å². The minimum Gasteiger partial charge on any atom is -0.488 e. The van der Waals surface area contributed by atoms with E-state index in [-0.39, 0.29) is 11.9 Å². The molecule has 0 fully saturated rings. The maximum absolute atomic E-state index is 13.6. The number of rotatable bonds is 5. The van der Waals surface area contributed by atoms with Gasteiger partial charge in [0.1, 0.15) is 0 Å². The summed E-state index contributed by atoms with van der Waals surface area (Å²) < 4.78 is 19.1. The molecule has 0 aliphatic heterocycles. The van der Waals surface area contributed by atoms with Gasteiger partial charge in [-0.1, -0.05) is 19.9 Å². The van der Waals surface area contributed by atoms with Crippen molar-refractivity contribution >= 4 is 0 Å². The van der Waals surface area contributed by atoms with Gasteiger partial charge in [-0.25, -0.2) is 4.39 Å². The Balaban J connectivity index is 2.66. The predicted molar refractivity (Wildman–Crippen MR) is 63.8 cm³/mol. The minimum atomic E-state index is -0.335. The maximum Gasteiger partial charge on any atom is 0.165 e. The van der Waals surface area contributed by atoms with Crippen molar-refractivity contribution in [3.8, 4) is 5.75 Å². The van der Waals surface area contributed by atoms with Gasteiger partial charge in [0, 0.05) is 6.54 Å². The van der Waals surface area contributed by atoms with Crippen LogP contribution in [-0.2, 0) is 6.54 Å². The van der Waals surface area contributed by atoms with Crippen LogP contribution < -0.4 is 10.5 Å². The summed E-state index contributed by atoms with van der Waals surface area (Å²) in [7, 11) is 0. The number of hydrogen-bond donors (Lipinski definition) is 1. The highest BCUT2D eigenvalue weighted by Gasteiger charge is 2.10. The first-order chi connectivity index (χ1) is 7.52. The van der Waals surface area contributed by atoms with Crippen LogP contribution in [0, 0.1) is 11.7 Å². The second kappa shape index (κ2) is 5.85. The molecule has 2 N–H and O–H groups in total. The molecule has 1 atom stereocenters. The Bertz CT molecular complexity index is 339. The molecule has 0 aromatic heterocycles. The molecule has 90 valence electrons. The number of hydrogen-bond acceptors (Lipinski definition) is 2. The van der Waals surface area contributed by atoms with Crippen molar-refractivity contribution in [1.82, 2.24) is 0 Å². The number of benzene rings is 1. The number of halogens is 1. The third-order valence-corrected chi connectivity index (χ3v) is 2.36.